The number of benzene rings is 1. The number of fused-ring (bicyclic) bond motifs is 2. The van der Waals surface area contributed by atoms with Gasteiger partial charge in [-0.1, -0.05) is 36.4 Å². The number of carbonyl (C=O) groups excluding carboxylic acids is 1. The largest absolute Gasteiger partial charge is 0.383 e. The Labute approximate surface area is 221 Å². The summed E-state index contributed by atoms with van der Waals surface area (Å²) in [7, 11) is 1.70. The van der Waals surface area contributed by atoms with Crippen molar-refractivity contribution in [3.8, 4) is 0 Å². The number of amides is 1. The molecular weight excluding hydrogens is 489 g/mol. The first-order chi connectivity index (χ1) is 15.7. The zero-order valence-electron chi connectivity index (χ0n) is 20.1. The van der Waals surface area contributed by atoms with E-state index in [1.807, 2.05) is 11.0 Å². The third-order valence-corrected chi connectivity index (χ3v) is 7.74. The van der Waals surface area contributed by atoms with Gasteiger partial charge in [0.15, 0.2) is 0 Å². The van der Waals surface area contributed by atoms with Gasteiger partial charge in [-0.25, -0.2) is 0 Å². The second-order valence-corrected chi connectivity index (χ2v) is 10.4. The van der Waals surface area contributed by atoms with E-state index in [1.54, 1.807) is 18.4 Å². The van der Waals surface area contributed by atoms with Gasteiger partial charge in [-0.3, -0.25) is 9.69 Å². The van der Waals surface area contributed by atoms with Crippen LogP contribution in [0.5, 0.6) is 0 Å². The Bertz CT molecular complexity index is 825. The number of hydrogen-bond acceptors (Lipinski definition) is 5. The number of halogens is 2. The molecule has 2 aliphatic rings. The van der Waals surface area contributed by atoms with Gasteiger partial charge < -0.3 is 15.0 Å². The van der Waals surface area contributed by atoms with Crippen molar-refractivity contribution < 1.29 is 9.53 Å². The van der Waals surface area contributed by atoms with Crippen molar-refractivity contribution >= 4 is 42.1 Å². The Kier molecular flexibility index (Phi) is 12.9. The first kappa shape index (κ1) is 29.1. The molecule has 0 spiro atoms. The number of carbonyl (C=O) groups is 1. The topological polar surface area (TPSA) is 44.8 Å². The monoisotopic (exact) mass is 527 g/mol. The van der Waals surface area contributed by atoms with Crippen molar-refractivity contribution in [2.24, 2.45) is 11.8 Å². The van der Waals surface area contributed by atoms with Crippen molar-refractivity contribution in [3.63, 3.8) is 0 Å². The Balaban J connectivity index is 0.00000204. The molecule has 1 aromatic carbocycles. The molecule has 2 aliphatic heterocycles. The summed E-state index contributed by atoms with van der Waals surface area (Å²) in [6.07, 6.45) is 3.98. The number of nitrogens with one attached hydrogen (secondary N) is 1. The molecule has 2 aromatic rings. The van der Waals surface area contributed by atoms with Gasteiger partial charge in [0.1, 0.15) is 0 Å². The van der Waals surface area contributed by atoms with Crippen molar-refractivity contribution in [2.45, 2.75) is 44.8 Å². The summed E-state index contributed by atoms with van der Waals surface area (Å²) < 4.78 is 5.23. The Hall–Kier alpha value is -1.15. The van der Waals surface area contributed by atoms with Crippen LogP contribution in [0.4, 0.5) is 0 Å². The second-order valence-electron chi connectivity index (χ2n) is 9.34. The van der Waals surface area contributed by atoms with E-state index >= 15 is 0 Å². The number of ether oxygens (including phenoxy) is 1. The number of hydrogen-bond donors (Lipinski definition) is 1. The van der Waals surface area contributed by atoms with Crippen molar-refractivity contribution in [3.05, 3.63) is 58.3 Å². The van der Waals surface area contributed by atoms with E-state index in [9.17, 15) is 4.79 Å². The average Bonchev–Trinajstić information content (AvgIpc) is 3.32. The lowest BCUT2D eigenvalue weighted by Crippen LogP contribution is -2.55. The van der Waals surface area contributed by atoms with E-state index in [-0.39, 0.29) is 30.7 Å². The van der Waals surface area contributed by atoms with E-state index < -0.39 is 0 Å². The highest BCUT2D eigenvalue weighted by atomic mass is 35.5. The third-order valence-electron chi connectivity index (χ3n) is 6.88. The van der Waals surface area contributed by atoms with Gasteiger partial charge in [0.25, 0.3) is 0 Å². The molecule has 2 fully saturated rings. The van der Waals surface area contributed by atoms with Gasteiger partial charge in [0.05, 0.1) is 13.2 Å². The van der Waals surface area contributed by atoms with Gasteiger partial charge in [-0.15, -0.1) is 36.2 Å². The molecule has 3 heterocycles. The highest BCUT2D eigenvalue weighted by Crippen LogP contribution is 2.31. The number of likely N-dealkylation sites (tertiary alicyclic amines) is 1. The quantitative estimate of drug-likeness (QED) is 0.453. The van der Waals surface area contributed by atoms with Crippen LogP contribution in [0.25, 0.3) is 0 Å². The van der Waals surface area contributed by atoms with Crippen molar-refractivity contribution in [1.29, 1.82) is 0 Å². The zero-order valence-corrected chi connectivity index (χ0v) is 22.5. The molecule has 4 rings (SSSR count). The van der Waals surface area contributed by atoms with Crippen LogP contribution in [0, 0.1) is 11.8 Å². The van der Waals surface area contributed by atoms with Gasteiger partial charge in [-0.2, -0.15) is 0 Å². The molecule has 3 atom stereocenters. The van der Waals surface area contributed by atoms with E-state index in [0.717, 1.165) is 38.4 Å². The maximum Gasteiger partial charge on any atom is 0.222 e. The van der Waals surface area contributed by atoms with Crippen LogP contribution in [0.2, 0.25) is 0 Å². The number of rotatable bonds is 11. The molecule has 0 unspecified atom stereocenters. The number of nitrogens with zero attached hydrogens (tertiary/aromatic N) is 2. The molecule has 0 radical (unpaired) electrons. The summed E-state index contributed by atoms with van der Waals surface area (Å²) in [6, 6.07) is 15.5. The summed E-state index contributed by atoms with van der Waals surface area (Å²) >= 11 is 1.71. The fraction of sp³-hybridized carbons (Fsp3) is 0.577. The lowest BCUT2D eigenvalue weighted by Gasteiger charge is -2.46. The van der Waals surface area contributed by atoms with Crippen LogP contribution in [-0.2, 0) is 22.6 Å². The molecule has 34 heavy (non-hydrogen) atoms. The smallest absolute Gasteiger partial charge is 0.222 e. The van der Waals surface area contributed by atoms with Gasteiger partial charge >= 0.3 is 0 Å². The molecule has 2 bridgehead atoms. The highest BCUT2D eigenvalue weighted by molar-refractivity contribution is 7.09. The molecular formula is C26H39Cl2N3O2S. The predicted octanol–water partition coefficient (Wildman–Crippen LogP) is 4.85. The molecule has 5 nitrogen and oxygen atoms in total. The van der Waals surface area contributed by atoms with Crippen LogP contribution in [-0.4, -0.2) is 61.6 Å². The normalized spacial score (nSPS) is 21.9. The summed E-state index contributed by atoms with van der Waals surface area (Å²) in [6.45, 7) is 6.46. The standard InChI is InChI=1S/C26H37N3O2S.2ClH/c1-31-13-12-29(20-24-9-6-14-32-24)26(30)11-5-10-25-23-15-22(16-27-25)18-28(19-23)17-21-7-3-2-4-8-21;;/h2-4,6-9,14,22-23,25,27H,5,10-13,15-20H2,1H3;2*1H/t22-,23+,25+;;/m0../s1. The molecule has 8 heteroatoms. The number of thiophene rings is 1. The number of piperidine rings is 2. The fourth-order valence-electron chi connectivity index (χ4n) is 5.30. The summed E-state index contributed by atoms with van der Waals surface area (Å²) in [5, 5.41) is 5.88. The van der Waals surface area contributed by atoms with E-state index in [1.165, 1.54) is 23.4 Å². The maximum atomic E-state index is 12.9. The zero-order chi connectivity index (χ0) is 22.2. The van der Waals surface area contributed by atoms with Crippen molar-refractivity contribution in [2.75, 3.05) is 39.9 Å². The Morgan fingerprint density at radius 1 is 1.18 bits per heavy atom. The maximum absolute atomic E-state index is 12.9. The Morgan fingerprint density at radius 2 is 2.00 bits per heavy atom. The van der Waals surface area contributed by atoms with Crippen LogP contribution in [0.1, 0.15) is 36.1 Å². The molecule has 1 N–H and O–H groups in total. The molecule has 0 saturated carbocycles. The van der Waals surface area contributed by atoms with E-state index in [4.69, 9.17) is 4.74 Å². The Morgan fingerprint density at radius 3 is 2.74 bits per heavy atom. The van der Waals surface area contributed by atoms with Crippen molar-refractivity contribution in [1.82, 2.24) is 15.1 Å². The average molecular weight is 529 g/mol. The van der Waals surface area contributed by atoms with Gasteiger partial charge in [-0.05, 0) is 54.7 Å². The van der Waals surface area contributed by atoms with Crippen LogP contribution < -0.4 is 5.32 Å². The minimum atomic E-state index is 0. The second kappa shape index (κ2) is 15.1. The lowest BCUT2D eigenvalue weighted by atomic mass is 9.79. The summed E-state index contributed by atoms with van der Waals surface area (Å²) in [5.41, 5.74) is 1.41. The first-order valence-corrected chi connectivity index (χ1v) is 12.9. The van der Waals surface area contributed by atoms with Gasteiger partial charge in [0, 0.05) is 50.6 Å². The molecule has 0 aliphatic carbocycles. The van der Waals surface area contributed by atoms with Gasteiger partial charge in [0.2, 0.25) is 5.91 Å². The number of methoxy groups -OCH3 is 1. The molecule has 190 valence electrons. The predicted molar refractivity (Wildman–Crippen MR) is 145 cm³/mol. The molecule has 1 aromatic heterocycles. The fourth-order valence-corrected chi connectivity index (χ4v) is 6.02. The third kappa shape index (κ3) is 8.51. The molecule has 2 saturated heterocycles. The minimum absolute atomic E-state index is 0. The highest BCUT2D eigenvalue weighted by Gasteiger charge is 2.36. The first-order valence-electron chi connectivity index (χ1n) is 12.0. The minimum Gasteiger partial charge on any atom is -0.383 e. The van der Waals surface area contributed by atoms with E-state index in [2.05, 4.69) is 52.0 Å². The molecule has 1 amide bonds. The van der Waals surface area contributed by atoms with E-state index in [0.29, 0.717) is 38.1 Å². The van der Waals surface area contributed by atoms with Crippen LogP contribution in [0.15, 0.2) is 47.8 Å². The van der Waals surface area contributed by atoms with Crippen LogP contribution in [0.3, 0.4) is 0 Å². The summed E-state index contributed by atoms with van der Waals surface area (Å²) in [4.78, 5) is 18.8. The lowest BCUT2D eigenvalue weighted by molar-refractivity contribution is -0.132. The SMILES string of the molecule is COCCN(Cc1cccs1)C(=O)CCC[C@H]1NC[C@@H]2C[C@@H]1CN(Cc1ccccc1)C2.Cl.Cl. The van der Waals surface area contributed by atoms with Crippen LogP contribution >= 0.6 is 36.2 Å². The summed E-state index contributed by atoms with van der Waals surface area (Å²) in [5.74, 6) is 1.70.